The topological polar surface area (TPSA) is 73.5 Å². The fraction of sp³-hybridized carbons (Fsp3) is 0.207. The van der Waals surface area contributed by atoms with Gasteiger partial charge in [0.1, 0.15) is 5.69 Å². The zero-order chi connectivity index (χ0) is 25.1. The van der Waals surface area contributed by atoms with Crippen LogP contribution in [0.15, 0.2) is 60.4 Å². The summed E-state index contributed by atoms with van der Waals surface area (Å²) in [4.78, 5) is 15.9. The Morgan fingerprint density at radius 1 is 1.17 bits per heavy atom. The summed E-state index contributed by atoms with van der Waals surface area (Å²) in [5.74, 6) is 0. The zero-order valence-electron chi connectivity index (χ0n) is 20.9. The number of pyridine rings is 2. The molecule has 0 bridgehead atoms. The number of allylic oxidation sites excluding steroid dienone is 2. The second-order valence-electron chi connectivity index (χ2n) is 9.25. The van der Waals surface area contributed by atoms with E-state index in [-0.39, 0.29) is 0 Å². The number of aromatic amines is 2. The van der Waals surface area contributed by atoms with Crippen LogP contribution in [-0.4, -0.2) is 50.7 Å². The molecular formula is C29H30N6S. The summed E-state index contributed by atoms with van der Waals surface area (Å²) >= 11 is 1.69. The first-order valence-corrected chi connectivity index (χ1v) is 12.9. The number of rotatable bonds is 8. The molecule has 0 unspecified atom stereocenters. The molecule has 0 aliphatic heterocycles. The Hall–Kier alpha value is -3.81. The van der Waals surface area contributed by atoms with Crippen molar-refractivity contribution in [3.63, 3.8) is 0 Å². The molecule has 5 rings (SSSR count). The Balaban J connectivity index is 1.41. The minimum Gasteiger partial charge on any atom is -0.353 e. The molecule has 0 aliphatic rings. The lowest BCUT2D eigenvalue weighted by Gasteiger charge is -2.09. The van der Waals surface area contributed by atoms with E-state index in [1.807, 2.05) is 36.8 Å². The van der Waals surface area contributed by atoms with Crippen LogP contribution in [0.4, 0.5) is 0 Å². The molecule has 36 heavy (non-hydrogen) atoms. The van der Waals surface area contributed by atoms with Gasteiger partial charge in [-0.1, -0.05) is 18.7 Å². The molecule has 0 saturated carbocycles. The average Bonchev–Trinajstić information content (AvgIpc) is 3.62. The lowest BCUT2D eigenvalue weighted by molar-refractivity contribution is 0.400. The van der Waals surface area contributed by atoms with Crippen LogP contribution in [0, 0.1) is 0 Å². The van der Waals surface area contributed by atoms with E-state index < -0.39 is 0 Å². The standard InChI is InChI=1S/C29H30N6S/c1-19(22-15-21(17-30-18-22)7-5-13-35(3)4)9-10-24-20(2)28(34-33-24)26-16-23-25(32-26)11-12-31-29(23)27-8-6-14-36-27/h6,8-12,14-18,32-33H,2,5,7,13H2,1,3-4H3/b19-9+,24-10+. The van der Waals surface area contributed by atoms with Gasteiger partial charge >= 0.3 is 0 Å². The first-order valence-electron chi connectivity index (χ1n) is 12.0. The molecule has 0 fully saturated rings. The van der Waals surface area contributed by atoms with Crippen LogP contribution in [0.1, 0.15) is 24.5 Å². The van der Waals surface area contributed by atoms with Gasteiger partial charge in [-0.15, -0.1) is 11.3 Å². The number of aryl methyl sites for hydroxylation is 1. The van der Waals surface area contributed by atoms with E-state index in [1.54, 1.807) is 11.3 Å². The predicted molar refractivity (Wildman–Crippen MR) is 151 cm³/mol. The third-order valence-electron chi connectivity index (χ3n) is 6.28. The maximum atomic E-state index is 4.62. The van der Waals surface area contributed by atoms with Crippen LogP contribution in [0.2, 0.25) is 0 Å². The molecule has 0 aliphatic carbocycles. The fourth-order valence-electron chi connectivity index (χ4n) is 4.27. The fourth-order valence-corrected chi connectivity index (χ4v) is 5.01. The van der Waals surface area contributed by atoms with Gasteiger partial charge in [0.05, 0.1) is 21.6 Å². The lowest BCUT2D eigenvalue weighted by atomic mass is 10.0. The molecule has 0 atom stereocenters. The third-order valence-corrected chi connectivity index (χ3v) is 7.15. The summed E-state index contributed by atoms with van der Waals surface area (Å²) in [6.07, 6.45) is 12.0. The smallest absolute Gasteiger partial charge is 0.116 e. The van der Waals surface area contributed by atoms with Gasteiger partial charge in [0.25, 0.3) is 0 Å². The molecule has 5 aromatic rings. The van der Waals surface area contributed by atoms with Crippen molar-refractivity contribution in [1.82, 2.24) is 30.0 Å². The van der Waals surface area contributed by atoms with Crippen LogP contribution in [-0.2, 0) is 6.42 Å². The van der Waals surface area contributed by atoms with Crippen molar-refractivity contribution in [3.05, 3.63) is 82.1 Å². The maximum Gasteiger partial charge on any atom is 0.116 e. The number of hydrogen-bond donors (Lipinski definition) is 2. The molecule has 0 radical (unpaired) electrons. The highest BCUT2D eigenvalue weighted by atomic mass is 32.1. The average molecular weight is 495 g/mol. The van der Waals surface area contributed by atoms with E-state index in [0.717, 1.165) is 74.0 Å². The summed E-state index contributed by atoms with van der Waals surface area (Å²) in [6, 6.07) is 10.5. The minimum absolute atomic E-state index is 0.810. The maximum absolute atomic E-state index is 4.62. The number of hydrogen-bond acceptors (Lipinski definition) is 5. The van der Waals surface area contributed by atoms with E-state index in [1.165, 1.54) is 5.56 Å². The predicted octanol–water partition coefficient (Wildman–Crippen LogP) is 4.87. The molecule has 0 aromatic carbocycles. The van der Waals surface area contributed by atoms with Crippen molar-refractivity contribution in [1.29, 1.82) is 0 Å². The number of nitrogens with one attached hydrogen (secondary N) is 2. The second kappa shape index (κ2) is 10.4. The summed E-state index contributed by atoms with van der Waals surface area (Å²) in [7, 11) is 4.21. The molecule has 182 valence electrons. The first kappa shape index (κ1) is 23.9. The van der Waals surface area contributed by atoms with Crippen molar-refractivity contribution in [3.8, 4) is 22.0 Å². The van der Waals surface area contributed by atoms with Gasteiger partial charge in [-0.3, -0.25) is 15.1 Å². The lowest BCUT2D eigenvalue weighted by Crippen LogP contribution is -2.21. The van der Waals surface area contributed by atoms with Gasteiger partial charge in [-0.2, -0.15) is 5.10 Å². The Morgan fingerprint density at radius 3 is 2.86 bits per heavy atom. The van der Waals surface area contributed by atoms with Crippen LogP contribution in [0.25, 0.3) is 51.1 Å². The summed E-state index contributed by atoms with van der Waals surface area (Å²) in [5, 5.41) is 12.6. The molecular weight excluding hydrogens is 464 g/mol. The molecule has 5 heterocycles. The van der Waals surface area contributed by atoms with Crippen molar-refractivity contribution in [2.24, 2.45) is 0 Å². The van der Waals surface area contributed by atoms with Crippen LogP contribution in [0.5, 0.6) is 0 Å². The van der Waals surface area contributed by atoms with Gasteiger partial charge in [0.2, 0.25) is 0 Å². The largest absolute Gasteiger partial charge is 0.353 e. The first-order chi connectivity index (χ1) is 17.5. The molecule has 2 N–H and O–H groups in total. The highest BCUT2D eigenvalue weighted by molar-refractivity contribution is 7.13. The third kappa shape index (κ3) is 5.08. The molecule has 6 nitrogen and oxygen atoms in total. The summed E-state index contributed by atoms with van der Waals surface area (Å²) in [6.45, 7) is 7.49. The Morgan fingerprint density at radius 2 is 2.06 bits per heavy atom. The number of nitrogens with zero attached hydrogens (tertiary/aromatic N) is 4. The second-order valence-corrected chi connectivity index (χ2v) is 10.2. The van der Waals surface area contributed by atoms with Crippen molar-refractivity contribution in [2.75, 3.05) is 20.6 Å². The van der Waals surface area contributed by atoms with E-state index in [0.29, 0.717) is 0 Å². The van der Waals surface area contributed by atoms with Crippen molar-refractivity contribution >= 4 is 40.5 Å². The minimum atomic E-state index is 0.810. The Bertz CT molecular complexity index is 1620. The SMILES string of the molecule is C=c1c(-c2cc3c(-c4cccs4)nccc3[nH]2)n[nH]/c1=C/C=C(\C)c1cncc(CCCN(C)C)c1. The zero-order valence-corrected chi connectivity index (χ0v) is 21.7. The van der Waals surface area contributed by atoms with Crippen molar-refractivity contribution < 1.29 is 0 Å². The van der Waals surface area contributed by atoms with E-state index in [9.17, 15) is 0 Å². The highest BCUT2D eigenvalue weighted by Crippen LogP contribution is 2.31. The van der Waals surface area contributed by atoms with E-state index in [2.05, 4.69) is 87.3 Å². The van der Waals surface area contributed by atoms with Gasteiger partial charge in [0, 0.05) is 34.7 Å². The highest BCUT2D eigenvalue weighted by Gasteiger charge is 2.12. The summed E-state index contributed by atoms with van der Waals surface area (Å²) < 4.78 is 0. The van der Waals surface area contributed by atoms with Crippen LogP contribution >= 0.6 is 11.3 Å². The van der Waals surface area contributed by atoms with E-state index >= 15 is 0 Å². The van der Waals surface area contributed by atoms with Gasteiger partial charge in [0.15, 0.2) is 0 Å². The monoisotopic (exact) mass is 494 g/mol. The normalized spacial score (nSPS) is 12.8. The molecule has 7 heteroatoms. The Kier molecular flexibility index (Phi) is 6.93. The van der Waals surface area contributed by atoms with Crippen LogP contribution in [0.3, 0.4) is 0 Å². The number of aromatic nitrogens is 5. The number of thiophene rings is 1. The summed E-state index contributed by atoms with van der Waals surface area (Å²) in [5.41, 5.74) is 7.28. The number of H-pyrrole nitrogens is 2. The quantitative estimate of drug-likeness (QED) is 0.323. The molecule has 0 saturated heterocycles. The van der Waals surface area contributed by atoms with Crippen LogP contribution < -0.4 is 10.6 Å². The molecule has 0 spiro atoms. The van der Waals surface area contributed by atoms with Gasteiger partial charge < -0.3 is 9.88 Å². The number of fused-ring (bicyclic) bond motifs is 1. The van der Waals surface area contributed by atoms with E-state index in [4.69, 9.17) is 0 Å². The Labute approximate surface area is 214 Å². The van der Waals surface area contributed by atoms with Gasteiger partial charge in [-0.05, 0) is 92.8 Å². The molecule has 0 amide bonds. The molecule has 5 aromatic heterocycles. The van der Waals surface area contributed by atoms with Gasteiger partial charge in [-0.25, -0.2) is 0 Å². The van der Waals surface area contributed by atoms with Crippen molar-refractivity contribution in [2.45, 2.75) is 19.8 Å².